The summed E-state index contributed by atoms with van der Waals surface area (Å²) in [6.45, 7) is 1.27. The van der Waals surface area contributed by atoms with Crippen molar-refractivity contribution in [2.45, 2.75) is 12.5 Å². The maximum Gasteiger partial charge on any atom is 0.324 e. The number of benzene rings is 2. The number of imide groups is 1. The van der Waals surface area contributed by atoms with Crippen LogP contribution < -0.4 is 10.6 Å². The van der Waals surface area contributed by atoms with Crippen molar-refractivity contribution in [1.29, 1.82) is 0 Å². The van der Waals surface area contributed by atoms with E-state index < -0.39 is 6.10 Å². The highest BCUT2D eigenvalue weighted by atomic mass is 16.3. The Labute approximate surface area is 140 Å². The van der Waals surface area contributed by atoms with Gasteiger partial charge in [-0.1, -0.05) is 42.5 Å². The van der Waals surface area contributed by atoms with E-state index in [-0.39, 0.29) is 18.5 Å². The maximum absolute atomic E-state index is 11.4. The molecule has 1 fully saturated rings. The molecule has 1 atom stereocenters. The standard InChI is InChI=1S/C18H21N3O3/c22-16(11-19-7-8-21-17(23)12-20-18(21)24)10-13-5-6-14-3-1-2-4-15(14)9-13/h1-6,9,16,19,22H,7-8,10-12H2,(H,20,24). The summed E-state index contributed by atoms with van der Waals surface area (Å²) in [4.78, 5) is 24.0. The molecule has 6 heteroatoms. The van der Waals surface area contributed by atoms with Crippen molar-refractivity contribution in [3.63, 3.8) is 0 Å². The predicted molar refractivity (Wildman–Crippen MR) is 91.6 cm³/mol. The molecule has 126 valence electrons. The van der Waals surface area contributed by atoms with E-state index in [1.165, 1.54) is 10.3 Å². The molecule has 1 aliphatic rings. The summed E-state index contributed by atoms with van der Waals surface area (Å²) in [5.41, 5.74) is 1.08. The quantitative estimate of drug-likeness (QED) is 0.521. The van der Waals surface area contributed by atoms with E-state index in [2.05, 4.69) is 34.9 Å². The molecule has 2 aromatic rings. The van der Waals surface area contributed by atoms with Gasteiger partial charge in [0.25, 0.3) is 0 Å². The lowest BCUT2D eigenvalue weighted by molar-refractivity contribution is -0.124. The first-order chi connectivity index (χ1) is 11.6. The Morgan fingerprint density at radius 1 is 1.17 bits per heavy atom. The Hall–Kier alpha value is -2.44. The summed E-state index contributed by atoms with van der Waals surface area (Å²) in [6.07, 6.45) is 0.0373. The van der Waals surface area contributed by atoms with E-state index in [4.69, 9.17) is 0 Å². The summed E-state index contributed by atoms with van der Waals surface area (Å²) in [5.74, 6) is -0.210. The van der Waals surface area contributed by atoms with Crippen molar-refractivity contribution in [2.75, 3.05) is 26.2 Å². The minimum Gasteiger partial charge on any atom is -0.391 e. The lowest BCUT2D eigenvalue weighted by Crippen LogP contribution is -2.39. The molecule has 1 saturated heterocycles. The Morgan fingerprint density at radius 2 is 1.96 bits per heavy atom. The molecule has 1 heterocycles. The average molecular weight is 327 g/mol. The number of carbonyl (C=O) groups excluding carboxylic acids is 2. The number of hydrogen-bond donors (Lipinski definition) is 3. The molecule has 0 aromatic heterocycles. The number of amides is 3. The van der Waals surface area contributed by atoms with E-state index in [1.807, 2.05) is 18.2 Å². The minimum atomic E-state index is -0.519. The molecule has 0 radical (unpaired) electrons. The topological polar surface area (TPSA) is 81.7 Å². The first-order valence-corrected chi connectivity index (χ1v) is 8.08. The van der Waals surface area contributed by atoms with Gasteiger partial charge in [0.15, 0.2) is 0 Å². The van der Waals surface area contributed by atoms with Gasteiger partial charge in [0.2, 0.25) is 5.91 Å². The molecule has 3 rings (SSSR count). The number of nitrogens with zero attached hydrogens (tertiary/aromatic N) is 1. The molecule has 0 spiro atoms. The molecule has 24 heavy (non-hydrogen) atoms. The molecule has 0 aliphatic carbocycles. The third-order valence-corrected chi connectivity index (χ3v) is 4.11. The second-order valence-electron chi connectivity index (χ2n) is 5.95. The summed E-state index contributed by atoms with van der Waals surface area (Å²) >= 11 is 0. The maximum atomic E-state index is 11.4. The van der Waals surface area contributed by atoms with E-state index in [0.29, 0.717) is 26.1 Å². The SMILES string of the molecule is O=C1CNC(=O)N1CCNCC(O)Cc1ccc2ccccc2c1. The molecule has 0 bridgehead atoms. The Kier molecular flexibility index (Phi) is 5.08. The minimum absolute atomic E-state index is 0.0728. The van der Waals surface area contributed by atoms with Crippen LogP contribution in [0.25, 0.3) is 10.8 Å². The Morgan fingerprint density at radius 3 is 2.71 bits per heavy atom. The van der Waals surface area contributed by atoms with E-state index >= 15 is 0 Å². The highest BCUT2D eigenvalue weighted by molar-refractivity contribution is 6.01. The second-order valence-corrected chi connectivity index (χ2v) is 5.95. The lowest BCUT2D eigenvalue weighted by Gasteiger charge is -2.15. The van der Waals surface area contributed by atoms with Crippen LogP contribution in [0.4, 0.5) is 4.79 Å². The van der Waals surface area contributed by atoms with Crippen LogP contribution in [0.5, 0.6) is 0 Å². The Balaban J connectivity index is 1.44. The predicted octanol–water partition coefficient (Wildman–Crippen LogP) is 0.885. The van der Waals surface area contributed by atoms with Gasteiger partial charge >= 0.3 is 6.03 Å². The number of nitrogens with one attached hydrogen (secondary N) is 2. The zero-order valence-corrected chi connectivity index (χ0v) is 13.4. The molecule has 1 aliphatic heterocycles. The molecule has 3 N–H and O–H groups in total. The fourth-order valence-electron chi connectivity index (χ4n) is 2.85. The van der Waals surface area contributed by atoms with E-state index in [1.54, 1.807) is 0 Å². The number of carbonyl (C=O) groups is 2. The smallest absolute Gasteiger partial charge is 0.324 e. The second kappa shape index (κ2) is 7.42. The fraction of sp³-hybridized carbons (Fsp3) is 0.333. The van der Waals surface area contributed by atoms with Crippen LogP contribution >= 0.6 is 0 Å². The molecule has 3 amide bonds. The number of urea groups is 1. The molecule has 1 unspecified atom stereocenters. The number of aliphatic hydroxyl groups is 1. The molecular weight excluding hydrogens is 306 g/mol. The molecule has 0 saturated carbocycles. The molecule has 6 nitrogen and oxygen atoms in total. The van der Waals surface area contributed by atoms with Crippen LogP contribution in [0.2, 0.25) is 0 Å². The van der Waals surface area contributed by atoms with Crippen molar-refractivity contribution in [2.24, 2.45) is 0 Å². The van der Waals surface area contributed by atoms with Gasteiger partial charge in [0.05, 0.1) is 12.6 Å². The van der Waals surface area contributed by atoms with Crippen molar-refractivity contribution in [3.8, 4) is 0 Å². The van der Waals surface area contributed by atoms with Gasteiger partial charge in [-0.25, -0.2) is 4.79 Å². The first-order valence-electron chi connectivity index (χ1n) is 8.08. The third-order valence-electron chi connectivity index (χ3n) is 4.11. The normalized spacial score (nSPS) is 15.8. The van der Waals surface area contributed by atoms with Crippen molar-refractivity contribution in [1.82, 2.24) is 15.5 Å². The van der Waals surface area contributed by atoms with E-state index in [9.17, 15) is 14.7 Å². The summed E-state index contributed by atoms with van der Waals surface area (Å²) in [5, 5.41) is 18.1. The highest BCUT2D eigenvalue weighted by Crippen LogP contribution is 2.16. The average Bonchev–Trinajstić information content (AvgIpc) is 2.90. The van der Waals surface area contributed by atoms with Gasteiger partial charge in [-0.05, 0) is 22.8 Å². The Bertz CT molecular complexity index is 731. The highest BCUT2D eigenvalue weighted by Gasteiger charge is 2.27. The van der Waals surface area contributed by atoms with Crippen molar-refractivity contribution in [3.05, 3.63) is 48.0 Å². The van der Waals surface area contributed by atoms with E-state index in [0.717, 1.165) is 10.9 Å². The van der Waals surface area contributed by atoms with Gasteiger partial charge in [0.1, 0.15) is 0 Å². The molecular formula is C18H21N3O3. The lowest BCUT2D eigenvalue weighted by atomic mass is 10.0. The van der Waals surface area contributed by atoms with Gasteiger partial charge in [-0.2, -0.15) is 0 Å². The van der Waals surface area contributed by atoms with Crippen molar-refractivity contribution < 1.29 is 14.7 Å². The zero-order chi connectivity index (χ0) is 16.9. The number of rotatable bonds is 7. The summed E-state index contributed by atoms with van der Waals surface area (Å²) < 4.78 is 0. The number of fused-ring (bicyclic) bond motifs is 1. The van der Waals surface area contributed by atoms with Gasteiger partial charge in [-0.3, -0.25) is 9.69 Å². The van der Waals surface area contributed by atoms with Gasteiger partial charge < -0.3 is 15.7 Å². The molecule has 2 aromatic carbocycles. The van der Waals surface area contributed by atoms with Crippen LogP contribution in [-0.4, -0.2) is 54.2 Å². The van der Waals surface area contributed by atoms with Crippen LogP contribution in [0, 0.1) is 0 Å². The summed E-state index contributed by atoms with van der Waals surface area (Å²) in [7, 11) is 0. The van der Waals surface area contributed by atoms with Crippen LogP contribution in [0.15, 0.2) is 42.5 Å². The summed E-state index contributed by atoms with van der Waals surface area (Å²) in [6, 6.07) is 14.0. The number of aliphatic hydroxyl groups excluding tert-OH is 1. The largest absolute Gasteiger partial charge is 0.391 e. The van der Waals surface area contributed by atoms with Crippen molar-refractivity contribution >= 4 is 22.7 Å². The van der Waals surface area contributed by atoms with Crippen LogP contribution in [0.1, 0.15) is 5.56 Å². The fourth-order valence-corrected chi connectivity index (χ4v) is 2.85. The van der Waals surface area contributed by atoms with Crippen LogP contribution in [0.3, 0.4) is 0 Å². The monoisotopic (exact) mass is 327 g/mol. The number of hydrogen-bond acceptors (Lipinski definition) is 4. The van der Waals surface area contributed by atoms with Crippen LogP contribution in [-0.2, 0) is 11.2 Å². The first kappa shape index (κ1) is 16.4. The zero-order valence-electron chi connectivity index (χ0n) is 13.4. The third kappa shape index (κ3) is 3.90. The van der Waals surface area contributed by atoms with Gasteiger partial charge in [-0.15, -0.1) is 0 Å². The van der Waals surface area contributed by atoms with Gasteiger partial charge in [0, 0.05) is 19.6 Å².